The van der Waals surface area contributed by atoms with Gasteiger partial charge in [-0.2, -0.15) is 5.10 Å². The van der Waals surface area contributed by atoms with Crippen molar-refractivity contribution in [2.45, 2.75) is 26.2 Å². The number of hydrogen-bond acceptors (Lipinski definition) is 3. The summed E-state index contributed by atoms with van der Waals surface area (Å²) in [6.45, 7) is 3.54. The van der Waals surface area contributed by atoms with Crippen LogP contribution in [-0.4, -0.2) is 34.4 Å². The monoisotopic (exact) mass is 299 g/mol. The molecule has 2 heterocycles. The van der Waals surface area contributed by atoms with Gasteiger partial charge in [0.15, 0.2) is 5.82 Å². The number of piperidine rings is 1. The van der Waals surface area contributed by atoms with E-state index >= 15 is 0 Å². The van der Waals surface area contributed by atoms with Crippen LogP contribution in [0.3, 0.4) is 0 Å². The average Bonchev–Trinajstić information content (AvgIpc) is 3.05. The van der Waals surface area contributed by atoms with Gasteiger partial charge in [-0.1, -0.05) is 31.2 Å². The number of rotatable bonds is 4. The third-order valence-electron chi connectivity index (χ3n) is 4.33. The maximum absolute atomic E-state index is 11.2. The van der Waals surface area contributed by atoms with Crippen molar-refractivity contribution in [3.63, 3.8) is 0 Å². The van der Waals surface area contributed by atoms with Crippen LogP contribution in [0, 0.1) is 5.92 Å². The zero-order chi connectivity index (χ0) is 15.5. The average molecular weight is 299 g/mol. The zero-order valence-corrected chi connectivity index (χ0v) is 12.7. The fourth-order valence-corrected chi connectivity index (χ4v) is 2.93. The van der Waals surface area contributed by atoms with Crippen LogP contribution < -0.4 is 4.90 Å². The Balaban J connectivity index is 1.76. The van der Waals surface area contributed by atoms with Gasteiger partial charge >= 0.3 is 5.97 Å². The van der Waals surface area contributed by atoms with E-state index in [9.17, 15) is 9.90 Å². The van der Waals surface area contributed by atoms with Gasteiger partial charge in [0.2, 0.25) is 0 Å². The smallest absolute Gasteiger partial charge is 0.308 e. The number of carboxylic acid groups (broad SMARTS) is 1. The number of nitrogens with one attached hydrogen (secondary N) is 1. The number of hydrogen-bond donors (Lipinski definition) is 2. The Kier molecular flexibility index (Phi) is 4.13. The second kappa shape index (κ2) is 6.22. The van der Waals surface area contributed by atoms with E-state index in [2.05, 4.69) is 46.3 Å². The first-order valence-electron chi connectivity index (χ1n) is 7.80. The number of aromatic nitrogens is 2. The lowest BCUT2D eigenvalue weighted by Gasteiger charge is -2.30. The number of aliphatic carboxylic acids is 1. The summed E-state index contributed by atoms with van der Waals surface area (Å²) in [4.78, 5) is 13.2. The SMILES string of the molecule is CCc1ccc(-c2cc(N3CCCC(C(=O)O)C3)n[nH]2)cc1. The molecule has 5 nitrogen and oxygen atoms in total. The Hall–Kier alpha value is -2.30. The second-order valence-corrected chi connectivity index (χ2v) is 5.81. The lowest BCUT2D eigenvalue weighted by atomic mass is 9.98. The maximum atomic E-state index is 11.2. The van der Waals surface area contributed by atoms with Crippen LogP contribution in [0.1, 0.15) is 25.3 Å². The molecule has 2 N–H and O–H groups in total. The Morgan fingerprint density at radius 2 is 2.18 bits per heavy atom. The van der Waals surface area contributed by atoms with Crippen molar-refractivity contribution in [2.24, 2.45) is 5.92 Å². The van der Waals surface area contributed by atoms with Gasteiger partial charge in [0.05, 0.1) is 11.6 Å². The number of nitrogens with zero attached hydrogens (tertiary/aromatic N) is 2. The second-order valence-electron chi connectivity index (χ2n) is 5.81. The molecule has 1 saturated heterocycles. The number of aryl methyl sites for hydroxylation is 1. The highest BCUT2D eigenvalue weighted by molar-refractivity contribution is 5.71. The summed E-state index contributed by atoms with van der Waals surface area (Å²) in [5.41, 5.74) is 3.38. The minimum atomic E-state index is -0.712. The third kappa shape index (κ3) is 2.98. The van der Waals surface area contributed by atoms with Crippen LogP contribution in [0.2, 0.25) is 0 Å². The zero-order valence-electron chi connectivity index (χ0n) is 12.7. The summed E-state index contributed by atoms with van der Waals surface area (Å²) >= 11 is 0. The highest BCUT2D eigenvalue weighted by Gasteiger charge is 2.26. The van der Waals surface area contributed by atoms with Crippen molar-refractivity contribution in [2.75, 3.05) is 18.0 Å². The molecule has 0 bridgehead atoms. The van der Waals surface area contributed by atoms with Gasteiger partial charge in [-0.15, -0.1) is 0 Å². The molecule has 0 radical (unpaired) electrons. The molecule has 0 aliphatic carbocycles. The van der Waals surface area contributed by atoms with E-state index in [1.165, 1.54) is 5.56 Å². The summed E-state index contributed by atoms with van der Waals surface area (Å²) < 4.78 is 0. The summed E-state index contributed by atoms with van der Waals surface area (Å²) in [6, 6.07) is 10.4. The summed E-state index contributed by atoms with van der Waals surface area (Å²) in [7, 11) is 0. The van der Waals surface area contributed by atoms with E-state index in [-0.39, 0.29) is 5.92 Å². The van der Waals surface area contributed by atoms with Crippen LogP contribution in [0.5, 0.6) is 0 Å². The molecule has 22 heavy (non-hydrogen) atoms. The quantitative estimate of drug-likeness (QED) is 0.910. The number of carbonyl (C=O) groups is 1. The number of aromatic amines is 1. The Morgan fingerprint density at radius 3 is 2.86 bits per heavy atom. The van der Waals surface area contributed by atoms with Crippen molar-refractivity contribution in [3.05, 3.63) is 35.9 Å². The predicted molar refractivity (Wildman–Crippen MR) is 86.0 cm³/mol. The van der Waals surface area contributed by atoms with Crippen molar-refractivity contribution in [1.82, 2.24) is 10.2 Å². The standard InChI is InChI=1S/C17H21N3O2/c1-2-12-5-7-13(8-6-12)15-10-16(19-18-15)20-9-3-4-14(11-20)17(21)22/h5-8,10,14H,2-4,9,11H2,1H3,(H,18,19)(H,21,22). The Morgan fingerprint density at radius 1 is 1.41 bits per heavy atom. The molecule has 1 fully saturated rings. The number of H-pyrrole nitrogens is 1. The highest BCUT2D eigenvalue weighted by Crippen LogP contribution is 2.26. The molecule has 1 atom stereocenters. The number of benzene rings is 1. The molecule has 0 amide bonds. The third-order valence-corrected chi connectivity index (χ3v) is 4.33. The Labute approximate surface area is 130 Å². The van der Waals surface area contributed by atoms with Gasteiger partial charge < -0.3 is 10.0 Å². The van der Waals surface area contributed by atoms with E-state index in [4.69, 9.17) is 0 Å². The molecule has 1 aliphatic rings. The largest absolute Gasteiger partial charge is 0.481 e. The molecular formula is C17H21N3O2. The molecule has 0 saturated carbocycles. The molecule has 1 aromatic heterocycles. The van der Waals surface area contributed by atoms with Crippen LogP contribution in [0.25, 0.3) is 11.3 Å². The minimum Gasteiger partial charge on any atom is -0.481 e. The fraction of sp³-hybridized carbons (Fsp3) is 0.412. The summed E-state index contributed by atoms with van der Waals surface area (Å²) in [5.74, 6) is -0.172. The van der Waals surface area contributed by atoms with Crippen molar-refractivity contribution in [3.8, 4) is 11.3 Å². The van der Waals surface area contributed by atoms with E-state index in [0.29, 0.717) is 6.54 Å². The van der Waals surface area contributed by atoms with Gasteiger partial charge in [0.1, 0.15) is 0 Å². The molecule has 1 unspecified atom stereocenters. The van der Waals surface area contributed by atoms with Gasteiger partial charge in [-0.25, -0.2) is 0 Å². The van der Waals surface area contributed by atoms with Crippen LogP contribution in [0.4, 0.5) is 5.82 Å². The minimum absolute atomic E-state index is 0.294. The van der Waals surface area contributed by atoms with Gasteiger partial charge in [-0.05, 0) is 30.4 Å². The maximum Gasteiger partial charge on any atom is 0.308 e. The molecule has 5 heteroatoms. The van der Waals surface area contributed by atoms with E-state index in [1.807, 2.05) is 6.07 Å². The first kappa shape index (κ1) is 14.6. The van der Waals surface area contributed by atoms with E-state index < -0.39 is 5.97 Å². The van der Waals surface area contributed by atoms with Gasteiger partial charge in [-0.3, -0.25) is 9.89 Å². The normalized spacial score (nSPS) is 18.4. The molecule has 1 aliphatic heterocycles. The van der Waals surface area contributed by atoms with E-state index in [0.717, 1.165) is 42.9 Å². The van der Waals surface area contributed by atoms with Gasteiger partial charge in [0.25, 0.3) is 0 Å². The molecular weight excluding hydrogens is 278 g/mol. The first-order valence-corrected chi connectivity index (χ1v) is 7.80. The highest BCUT2D eigenvalue weighted by atomic mass is 16.4. The molecule has 1 aromatic carbocycles. The van der Waals surface area contributed by atoms with Crippen molar-refractivity contribution < 1.29 is 9.90 Å². The Bertz CT molecular complexity index is 648. The lowest BCUT2D eigenvalue weighted by molar-refractivity contribution is -0.141. The summed E-state index contributed by atoms with van der Waals surface area (Å²) in [6.07, 6.45) is 2.67. The number of carboxylic acids is 1. The van der Waals surface area contributed by atoms with Crippen LogP contribution in [-0.2, 0) is 11.2 Å². The molecule has 0 spiro atoms. The summed E-state index contributed by atoms with van der Waals surface area (Å²) in [5, 5.41) is 16.6. The van der Waals surface area contributed by atoms with E-state index in [1.54, 1.807) is 0 Å². The van der Waals surface area contributed by atoms with Crippen LogP contribution >= 0.6 is 0 Å². The van der Waals surface area contributed by atoms with Crippen LogP contribution in [0.15, 0.2) is 30.3 Å². The molecule has 3 rings (SSSR count). The van der Waals surface area contributed by atoms with Crippen molar-refractivity contribution in [1.29, 1.82) is 0 Å². The van der Waals surface area contributed by atoms with Gasteiger partial charge in [0, 0.05) is 19.2 Å². The van der Waals surface area contributed by atoms with Crippen molar-refractivity contribution >= 4 is 11.8 Å². The lowest BCUT2D eigenvalue weighted by Crippen LogP contribution is -2.38. The topological polar surface area (TPSA) is 69.2 Å². The predicted octanol–water partition coefficient (Wildman–Crippen LogP) is 2.94. The number of anilines is 1. The first-order chi connectivity index (χ1) is 10.7. The molecule has 2 aromatic rings. The molecule has 116 valence electrons. The fourth-order valence-electron chi connectivity index (χ4n) is 2.93.